The van der Waals surface area contributed by atoms with Crippen LogP contribution in [0.4, 0.5) is 0 Å². The summed E-state index contributed by atoms with van der Waals surface area (Å²) in [5.74, 6) is 0. The SMILES string of the molecule is CC(C)=CCNS(=O)(=O)N1CCNCC1. The highest BCUT2D eigenvalue weighted by molar-refractivity contribution is 7.87. The molecule has 1 heterocycles. The molecule has 15 heavy (non-hydrogen) atoms. The Morgan fingerprint density at radius 3 is 2.53 bits per heavy atom. The number of hydrogen-bond acceptors (Lipinski definition) is 3. The van der Waals surface area contributed by atoms with Gasteiger partial charge in [0.25, 0.3) is 10.2 Å². The molecule has 0 bridgehead atoms. The van der Waals surface area contributed by atoms with Crippen LogP contribution >= 0.6 is 0 Å². The van der Waals surface area contributed by atoms with Crippen molar-refractivity contribution in [2.24, 2.45) is 0 Å². The second-order valence-corrected chi connectivity index (χ2v) is 5.54. The second kappa shape index (κ2) is 5.60. The van der Waals surface area contributed by atoms with Crippen LogP contribution in [0.3, 0.4) is 0 Å². The molecular weight excluding hydrogens is 214 g/mol. The molecule has 5 nitrogen and oxygen atoms in total. The quantitative estimate of drug-likeness (QED) is 0.655. The first kappa shape index (κ1) is 12.6. The van der Waals surface area contributed by atoms with Gasteiger partial charge in [-0.2, -0.15) is 17.4 Å². The van der Waals surface area contributed by atoms with Crippen LogP contribution < -0.4 is 10.0 Å². The largest absolute Gasteiger partial charge is 0.314 e. The van der Waals surface area contributed by atoms with Crippen LogP contribution in [0, 0.1) is 0 Å². The zero-order valence-corrected chi connectivity index (χ0v) is 10.1. The summed E-state index contributed by atoms with van der Waals surface area (Å²) in [5.41, 5.74) is 1.11. The summed E-state index contributed by atoms with van der Waals surface area (Å²) in [7, 11) is -3.28. The molecule has 6 heteroatoms. The van der Waals surface area contributed by atoms with Gasteiger partial charge in [0.1, 0.15) is 0 Å². The maximum absolute atomic E-state index is 11.7. The van der Waals surface area contributed by atoms with Gasteiger partial charge >= 0.3 is 0 Å². The van der Waals surface area contributed by atoms with Crippen molar-refractivity contribution < 1.29 is 8.42 Å². The number of nitrogens with one attached hydrogen (secondary N) is 2. The van der Waals surface area contributed by atoms with Crippen molar-refractivity contribution in [2.75, 3.05) is 32.7 Å². The van der Waals surface area contributed by atoms with Crippen LogP contribution in [-0.4, -0.2) is 45.4 Å². The van der Waals surface area contributed by atoms with Gasteiger partial charge in [0, 0.05) is 32.7 Å². The van der Waals surface area contributed by atoms with Gasteiger partial charge in [-0.3, -0.25) is 0 Å². The van der Waals surface area contributed by atoms with Gasteiger partial charge in [0.2, 0.25) is 0 Å². The molecule has 0 spiro atoms. The molecule has 0 aromatic heterocycles. The zero-order chi connectivity index (χ0) is 11.3. The van der Waals surface area contributed by atoms with Crippen molar-refractivity contribution in [3.8, 4) is 0 Å². The van der Waals surface area contributed by atoms with Crippen molar-refractivity contribution in [2.45, 2.75) is 13.8 Å². The predicted molar refractivity (Wildman–Crippen MR) is 60.8 cm³/mol. The Labute approximate surface area is 91.7 Å². The lowest BCUT2D eigenvalue weighted by Crippen LogP contribution is -2.50. The number of allylic oxidation sites excluding steroid dienone is 1. The van der Waals surface area contributed by atoms with Crippen LogP contribution in [0.25, 0.3) is 0 Å². The third kappa shape index (κ3) is 4.29. The smallest absolute Gasteiger partial charge is 0.279 e. The number of rotatable bonds is 4. The molecule has 1 rings (SSSR count). The molecule has 0 radical (unpaired) electrons. The van der Waals surface area contributed by atoms with Gasteiger partial charge in [0.05, 0.1) is 0 Å². The maximum Gasteiger partial charge on any atom is 0.279 e. The monoisotopic (exact) mass is 233 g/mol. The Bertz CT molecular complexity index is 314. The van der Waals surface area contributed by atoms with E-state index in [-0.39, 0.29) is 0 Å². The Morgan fingerprint density at radius 2 is 2.00 bits per heavy atom. The summed E-state index contributed by atoms with van der Waals surface area (Å²) < 4.78 is 27.5. The molecule has 1 fully saturated rings. The van der Waals surface area contributed by atoms with E-state index >= 15 is 0 Å². The highest BCUT2D eigenvalue weighted by atomic mass is 32.2. The highest BCUT2D eigenvalue weighted by Crippen LogP contribution is 1.99. The fourth-order valence-electron chi connectivity index (χ4n) is 1.33. The molecule has 2 N–H and O–H groups in total. The van der Waals surface area contributed by atoms with Crippen molar-refractivity contribution >= 4 is 10.2 Å². The van der Waals surface area contributed by atoms with Gasteiger partial charge in [0.15, 0.2) is 0 Å². The molecule has 0 saturated carbocycles. The zero-order valence-electron chi connectivity index (χ0n) is 9.28. The average Bonchev–Trinajstić information content (AvgIpc) is 2.18. The van der Waals surface area contributed by atoms with E-state index in [1.807, 2.05) is 19.9 Å². The Balaban J connectivity index is 2.47. The summed E-state index contributed by atoms with van der Waals surface area (Å²) in [6.07, 6.45) is 1.86. The molecule has 0 atom stereocenters. The van der Waals surface area contributed by atoms with Crippen LogP contribution in [0.2, 0.25) is 0 Å². The van der Waals surface area contributed by atoms with Crippen molar-refractivity contribution in [1.29, 1.82) is 0 Å². The van der Waals surface area contributed by atoms with E-state index < -0.39 is 10.2 Å². The van der Waals surface area contributed by atoms with E-state index in [4.69, 9.17) is 0 Å². The summed E-state index contributed by atoms with van der Waals surface area (Å²) in [6, 6.07) is 0. The van der Waals surface area contributed by atoms with Crippen molar-refractivity contribution in [3.05, 3.63) is 11.6 Å². The van der Waals surface area contributed by atoms with E-state index in [0.29, 0.717) is 19.6 Å². The third-order valence-corrected chi connectivity index (χ3v) is 3.77. The van der Waals surface area contributed by atoms with Crippen LogP contribution in [0.5, 0.6) is 0 Å². The summed E-state index contributed by atoms with van der Waals surface area (Å²) in [6.45, 7) is 6.80. The van der Waals surface area contributed by atoms with E-state index in [2.05, 4.69) is 10.0 Å². The van der Waals surface area contributed by atoms with Gasteiger partial charge in [-0.25, -0.2) is 0 Å². The van der Waals surface area contributed by atoms with Gasteiger partial charge in [-0.15, -0.1) is 0 Å². The first-order chi connectivity index (χ1) is 7.02. The molecule has 1 aliphatic rings. The van der Waals surface area contributed by atoms with Crippen molar-refractivity contribution in [1.82, 2.24) is 14.3 Å². The van der Waals surface area contributed by atoms with E-state index in [1.54, 1.807) is 0 Å². The molecular formula is C9H19N3O2S. The van der Waals surface area contributed by atoms with Gasteiger partial charge in [-0.05, 0) is 13.8 Å². The van der Waals surface area contributed by atoms with Gasteiger partial charge in [-0.1, -0.05) is 11.6 Å². The molecule has 0 aromatic rings. The average molecular weight is 233 g/mol. The minimum atomic E-state index is -3.28. The Morgan fingerprint density at radius 1 is 1.40 bits per heavy atom. The van der Waals surface area contributed by atoms with Crippen LogP contribution in [0.1, 0.15) is 13.8 Å². The maximum atomic E-state index is 11.7. The van der Waals surface area contributed by atoms with E-state index in [0.717, 1.165) is 18.7 Å². The number of hydrogen-bond donors (Lipinski definition) is 2. The van der Waals surface area contributed by atoms with Crippen molar-refractivity contribution in [3.63, 3.8) is 0 Å². The fraction of sp³-hybridized carbons (Fsp3) is 0.778. The Hall–Kier alpha value is -0.430. The lowest BCUT2D eigenvalue weighted by molar-refractivity contribution is 0.356. The molecule has 88 valence electrons. The third-order valence-electron chi connectivity index (χ3n) is 2.19. The Kier molecular flexibility index (Phi) is 4.72. The summed E-state index contributed by atoms with van der Waals surface area (Å²) in [5, 5.41) is 3.12. The second-order valence-electron chi connectivity index (χ2n) is 3.78. The first-order valence-electron chi connectivity index (χ1n) is 5.11. The molecule has 1 aliphatic heterocycles. The fourth-order valence-corrected chi connectivity index (χ4v) is 2.47. The normalized spacial score (nSPS) is 18.8. The molecule has 1 saturated heterocycles. The van der Waals surface area contributed by atoms with Crippen LogP contribution in [-0.2, 0) is 10.2 Å². The topological polar surface area (TPSA) is 61.4 Å². The lowest BCUT2D eigenvalue weighted by atomic mass is 10.3. The lowest BCUT2D eigenvalue weighted by Gasteiger charge is -2.26. The summed E-state index contributed by atoms with van der Waals surface area (Å²) >= 11 is 0. The highest BCUT2D eigenvalue weighted by Gasteiger charge is 2.22. The number of nitrogens with zero attached hydrogens (tertiary/aromatic N) is 1. The molecule has 0 unspecified atom stereocenters. The predicted octanol–water partition coefficient (Wildman–Crippen LogP) is -0.308. The number of piperazine rings is 1. The molecule has 0 aromatic carbocycles. The summed E-state index contributed by atoms with van der Waals surface area (Å²) in [4.78, 5) is 0. The molecule has 0 amide bonds. The standard InChI is InChI=1S/C9H19N3O2S/c1-9(2)3-4-11-15(13,14)12-7-5-10-6-8-12/h3,10-11H,4-8H2,1-2H3. The van der Waals surface area contributed by atoms with Crippen LogP contribution in [0.15, 0.2) is 11.6 Å². The van der Waals surface area contributed by atoms with E-state index in [1.165, 1.54) is 4.31 Å². The first-order valence-corrected chi connectivity index (χ1v) is 6.55. The van der Waals surface area contributed by atoms with E-state index in [9.17, 15) is 8.42 Å². The minimum Gasteiger partial charge on any atom is -0.314 e. The van der Waals surface area contributed by atoms with Gasteiger partial charge < -0.3 is 5.32 Å². The molecule has 0 aliphatic carbocycles. The minimum absolute atomic E-state index is 0.370.